The summed E-state index contributed by atoms with van der Waals surface area (Å²) in [5.74, 6) is 0.791. The molecule has 0 bridgehead atoms. The molecule has 0 unspecified atom stereocenters. The van der Waals surface area contributed by atoms with E-state index in [1.807, 2.05) is 0 Å². The molecule has 0 amide bonds. The summed E-state index contributed by atoms with van der Waals surface area (Å²) in [5.41, 5.74) is 8.30. The van der Waals surface area contributed by atoms with E-state index < -0.39 is 0 Å². The lowest BCUT2D eigenvalue weighted by atomic mass is 10.1. The van der Waals surface area contributed by atoms with Crippen molar-refractivity contribution in [3.8, 4) is 0 Å². The molecule has 2 heteroatoms. The Hall–Kier alpha value is -1.02. The van der Waals surface area contributed by atoms with Gasteiger partial charge in [-0.3, -0.25) is 0 Å². The highest BCUT2D eigenvalue weighted by atomic mass is 15.1. The molecule has 102 valence electrons. The Morgan fingerprint density at radius 3 is 2.50 bits per heavy atom. The molecule has 1 aromatic rings. The zero-order valence-electron chi connectivity index (χ0n) is 12.2. The lowest BCUT2D eigenvalue weighted by molar-refractivity contribution is 0.547. The number of hydrogen-bond donors (Lipinski definition) is 1. The van der Waals surface area contributed by atoms with Gasteiger partial charge in [0, 0.05) is 18.8 Å². The molecule has 0 saturated carbocycles. The molecule has 0 spiro atoms. The van der Waals surface area contributed by atoms with Crippen molar-refractivity contribution in [2.45, 2.75) is 40.0 Å². The lowest BCUT2D eigenvalue weighted by Crippen LogP contribution is -2.27. The number of rotatable bonds is 8. The molecule has 0 aliphatic rings. The van der Waals surface area contributed by atoms with Gasteiger partial charge in [-0.25, -0.2) is 0 Å². The fraction of sp³-hybridized carbons (Fsp3) is 0.625. The van der Waals surface area contributed by atoms with Gasteiger partial charge >= 0.3 is 0 Å². The van der Waals surface area contributed by atoms with E-state index in [9.17, 15) is 0 Å². The predicted octanol–water partition coefficient (Wildman–Crippen LogP) is 3.59. The van der Waals surface area contributed by atoms with E-state index >= 15 is 0 Å². The third-order valence-corrected chi connectivity index (χ3v) is 3.21. The molecular formula is C16H28N2. The van der Waals surface area contributed by atoms with Crippen LogP contribution in [0, 0.1) is 12.8 Å². The van der Waals surface area contributed by atoms with E-state index in [2.05, 4.69) is 49.9 Å². The van der Waals surface area contributed by atoms with Crippen LogP contribution in [0.15, 0.2) is 24.3 Å². The molecule has 18 heavy (non-hydrogen) atoms. The molecule has 0 radical (unpaired) electrons. The van der Waals surface area contributed by atoms with Crippen molar-refractivity contribution >= 4 is 5.69 Å². The van der Waals surface area contributed by atoms with Crippen LogP contribution in [0.1, 0.15) is 38.7 Å². The van der Waals surface area contributed by atoms with Gasteiger partial charge in [0.2, 0.25) is 0 Å². The fourth-order valence-electron chi connectivity index (χ4n) is 2.17. The van der Waals surface area contributed by atoms with Crippen molar-refractivity contribution in [1.29, 1.82) is 0 Å². The van der Waals surface area contributed by atoms with Crippen molar-refractivity contribution in [1.82, 2.24) is 0 Å². The first-order valence-electron chi connectivity index (χ1n) is 7.15. The van der Waals surface area contributed by atoms with Crippen molar-refractivity contribution in [2.75, 3.05) is 24.5 Å². The summed E-state index contributed by atoms with van der Waals surface area (Å²) in [6, 6.07) is 8.77. The average Bonchev–Trinajstić information content (AvgIpc) is 2.33. The number of hydrogen-bond acceptors (Lipinski definition) is 2. The molecule has 0 fully saturated rings. The second-order valence-electron chi connectivity index (χ2n) is 5.50. The second-order valence-corrected chi connectivity index (χ2v) is 5.50. The molecular weight excluding hydrogens is 220 g/mol. The molecule has 0 aliphatic carbocycles. The Morgan fingerprint density at radius 1 is 1.17 bits per heavy atom. The minimum Gasteiger partial charge on any atom is -0.371 e. The summed E-state index contributed by atoms with van der Waals surface area (Å²) < 4.78 is 0. The first-order chi connectivity index (χ1) is 8.63. The molecule has 1 rings (SSSR count). The van der Waals surface area contributed by atoms with Crippen LogP contribution in [0.5, 0.6) is 0 Å². The fourth-order valence-corrected chi connectivity index (χ4v) is 2.17. The van der Waals surface area contributed by atoms with Gasteiger partial charge in [0.15, 0.2) is 0 Å². The van der Waals surface area contributed by atoms with E-state index in [-0.39, 0.29) is 0 Å². The zero-order chi connectivity index (χ0) is 13.4. The lowest BCUT2D eigenvalue weighted by Gasteiger charge is -2.25. The minimum absolute atomic E-state index is 0.770. The maximum atomic E-state index is 5.64. The number of benzene rings is 1. The normalized spacial score (nSPS) is 10.9. The van der Waals surface area contributed by atoms with E-state index in [1.54, 1.807) is 0 Å². The van der Waals surface area contributed by atoms with Crippen LogP contribution in [0.2, 0.25) is 0 Å². The Labute approximate surface area is 112 Å². The van der Waals surface area contributed by atoms with Gasteiger partial charge in [0.05, 0.1) is 0 Å². The molecule has 1 aromatic carbocycles. The van der Waals surface area contributed by atoms with E-state index in [4.69, 9.17) is 5.73 Å². The Morgan fingerprint density at radius 2 is 1.89 bits per heavy atom. The Kier molecular flexibility index (Phi) is 6.81. The van der Waals surface area contributed by atoms with Gasteiger partial charge in [0.1, 0.15) is 0 Å². The number of anilines is 1. The maximum absolute atomic E-state index is 5.64. The smallest absolute Gasteiger partial charge is 0.0368 e. The monoisotopic (exact) mass is 248 g/mol. The highest BCUT2D eigenvalue weighted by Crippen LogP contribution is 2.17. The van der Waals surface area contributed by atoms with Gasteiger partial charge in [-0.1, -0.05) is 26.0 Å². The quantitative estimate of drug-likeness (QED) is 0.762. The SMILES string of the molecule is Cc1cccc(N(CCCN)CCCC(C)C)c1. The second kappa shape index (κ2) is 8.15. The van der Waals surface area contributed by atoms with Gasteiger partial charge < -0.3 is 10.6 Å². The molecule has 0 saturated heterocycles. The average molecular weight is 248 g/mol. The molecule has 0 atom stereocenters. The Balaban J connectivity index is 2.59. The summed E-state index contributed by atoms with van der Waals surface area (Å²) in [4.78, 5) is 2.47. The third-order valence-electron chi connectivity index (χ3n) is 3.21. The van der Waals surface area contributed by atoms with Crippen molar-refractivity contribution in [3.05, 3.63) is 29.8 Å². The first-order valence-corrected chi connectivity index (χ1v) is 7.15. The van der Waals surface area contributed by atoms with Crippen molar-refractivity contribution < 1.29 is 0 Å². The molecule has 2 N–H and O–H groups in total. The third kappa shape index (κ3) is 5.54. The number of aryl methyl sites for hydroxylation is 1. The topological polar surface area (TPSA) is 29.3 Å². The Bertz CT molecular complexity index is 334. The maximum Gasteiger partial charge on any atom is 0.0368 e. The van der Waals surface area contributed by atoms with Crippen molar-refractivity contribution in [2.24, 2.45) is 11.7 Å². The van der Waals surface area contributed by atoms with Crippen LogP contribution in [0.3, 0.4) is 0 Å². The van der Waals surface area contributed by atoms with Crippen LogP contribution >= 0.6 is 0 Å². The van der Waals surface area contributed by atoms with Gasteiger partial charge in [0.25, 0.3) is 0 Å². The van der Waals surface area contributed by atoms with Gasteiger partial charge in [-0.05, 0) is 56.3 Å². The van der Waals surface area contributed by atoms with E-state index in [1.165, 1.54) is 24.1 Å². The summed E-state index contributed by atoms with van der Waals surface area (Å²) in [6.45, 7) is 9.71. The summed E-state index contributed by atoms with van der Waals surface area (Å²) in [6.07, 6.45) is 3.62. The summed E-state index contributed by atoms with van der Waals surface area (Å²) >= 11 is 0. The van der Waals surface area contributed by atoms with Crippen LogP contribution < -0.4 is 10.6 Å². The molecule has 0 aliphatic heterocycles. The molecule has 0 heterocycles. The predicted molar refractivity (Wildman–Crippen MR) is 81.1 cm³/mol. The summed E-state index contributed by atoms with van der Waals surface area (Å²) in [5, 5.41) is 0. The van der Waals surface area contributed by atoms with E-state index in [0.717, 1.165) is 32.0 Å². The summed E-state index contributed by atoms with van der Waals surface area (Å²) in [7, 11) is 0. The standard InChI is InChI=1S/C16H28N2/c1-14(2)7-5-11-18(12-6-10-17)16-9-4-8-15(3)13-16/h4,8-9,13-14H,5-7,10-12,17H2,1-3H3. The highest BCUT2D eigenvalue weighted by Gasteiger charge is 2.06. The first kappa shape index (κ1) is 15.0. The van der Waals surface area contributed by atoms with Crippen LogP contribution in [0.25, 0.3) is 0 Å². The van der Waals surface area contributed by atoms with Crippen LogP contribution in [0.4, 0.5) is 5.69 Å². The number of nitrogens with zero attached hydrogens (tertiary/aromatic N) is 1. The van der Waals surface area contributed by atoms with Crippen LogP contribution in [-0.2, 0) is 0 Å². The van der Waals surface area contributed by atoms with E-state index in [0.29, 0.717) is 0 Å². The zero-order valence-corrected chi connectivity index (χ0v) is 12.2. The largest absolute Gasteiger partial charge is 0.371 e. The van der Waals surface area contributed by atoms with Gasteiger partial charge in [-0.15, -0.1) is 0 Å². The van der Waals surface area contributed by atoms with Gasteiger partial charge in [-0.2, -0.15) is 0 Å². The molecule has 0 aromatic heterocycles. The minimum atomic E-state index is 0.770. The number of nitrogens with two attached hydrogens (primary N) is 1. The highest BCUT2D eigenvalue weighted by molar-refractivity contribution is 5.48. The molecule has 2 nitrogen and oxygen atoms in total. The van der Waals surface area contributed by atoms with Crippen molar-refractivity contribution in [3.63, 3.8) is 0 Å². The van der Waals surface area contributed by atoms with Crippen LogP contribution in [-0.4, -0.2) is 19.6 Å².